The lowest BCUT2D eigenvalue weighted by Gasteiger charge is -2.31. The summed E-state index contributed by atoms with van der Waals surface area (Å²) in [4.78, 5) is 15.4. The molecular weight excluding hydrogens is 494 g/mol. The smallest absolute Gasteiger partial charge is 0.229 e. The fourth-order valence-electron chi connectivity index (χ4n) is 4.91. The number of aromatic nitrogens is 3. The van der Waals surface area contributed by atoms with E-state index in [1.54, 1.807) is 31.6 Å². The molecule has 1 saturated carbocycles. The van der Waals surface area contributed by atoms with Gasteiger partial charge in [0.05, 0.1) is 41.7 Å². The van der Waals surface area contributed by atoms with E-state index >= 15 is 0 Å². The molecule has 2 aliphatic carbocycles. The second-order valence-corrected chi connectivity index (χ2v) is 10.3. The average Bonchev–Trinajstić information content (AvgIpc) is 3.43. The number of hydrogen-bond donors (Lipinski definition) is 5. The Kier molecular flexibility index (Phi) is 7.04. The quantitative estimate of drug-likeness (QED) is 0.277. The van der Waals surface area contributed by atoms with Crippen LogP contribution in [0.15, 0.2) is 24.3 Å². The van der Waals surface area contributed by atoms with Crippen molar-refractivity contribution in [2.75, 3.05) is 31.5 Å². The number of fused-ring (bicyclic) bond motifs is 1. The number of thiazole rings is 1. The number of ether oxygens (including phenoxy) is 2. The van der Waals surface area contributed by atoms with Gasteiger partial charge in [-0.15, -0.1) is 11.3 Å². The highest BCUT2D eigenvalue weighted by atomic mass is 32.1. The maximum atomic E-state index is 11.4. The molecule has 3 aromatic rings. The molecule has 196 valence electrons. The van der Waals surface area contributed by atoms with Crippen LogP contribution in [0.2, 0.25) is 0 Å². The third kappa shape index (κ3) is 4.75. The van der Waals surface area contributed by atoms with Gasteiger partial charge in [0.15, 0.2) is 17.2 Å². The zero-order chi connectivity index (χ0) is 26.2. The first-order chi connectivity index (χ1) is 17.9. The first kappa shape index (κ1) is 25.4. The number of para-hydroxylation sites is 1. The van der Waals surface area contributed by atoms with Crippen molar-refractivity contribution >= 4 is 34.9 Å². The van der Waals surface area contributed by atoms with E-state index in [0.717, 1.165) is 28.4 Å². The minimum absolute atomic E-state index is 0.214. The molecule has 2 aromatic heterocycles. The summed E-state index contributed by atoms with van der Waals surface area (Å²) in [6.45, 7) is 1.65. The maximum Gasteiger partial charge on any atom is 0.229 e. The molecule has 37 heavy (non-hydrogen) atoms. The minimum atomic E-state index is -1.66. The Morgan fingerprint density at radius 1 is 1.19 bits per heavy atom. The third-order valence-electron chi connectivity index (χ3n) is 6.90. The zero-order valence-electron chi connectivity index (χ0n) is 21.0. The lowest BCUT2D eigenvalue weighted by Crippen LogP contribution is -2.48. The fraction of sp³-hybridized carbons (Fsp3) is 0.423. The third-order valence-corrected chi connectivity index (χ3v) is 7.98. The molecule has 10 nitrogen and oxygen atoms in total. The lowest BCUT2D eigenvalue weighted by molar-refractivity contribution is -0.0545. The van der Waals surface area contributed by atoms with Crippen LogP contribution in [0.3, 0.4) is 0 Å². The van der Waals surface area contributed by atoms with Gasteiger partial charge < -0.3 is 35.4 Å². The summed E-state index contributed by atoms with van der Waals surface area (Å²) < 4.78 is 10.9. The summed E-state index contributed by atoms with van der Waals surface area (Å²) in [7, 11) is 3.12. The predicted molar refractivity (Wildman–Crippen MR) is 142 cm³/mol. The highest BCUT2D eigenvalue weighted by molar-refractivity contribution is 7.16. The van der Waals surface area contributed by atoms with Crippen molar-refractivity contribution in [3.8, 4) is 22.1 Å². The van der Waals surface area contributed by atoms with Crippen molar-refractivity contribution in [1.82, 2.24) is 15.0 Å². The highest BCUT2D eigenvalue weighted by Gasteiger charge is 2.47. The van der Waals surface area contributed by atoms with E-state index < -0.39 is 17.7 Å². The number of benzene rings is 1. The first-order valence-corrected chi connectivity index (χ1v) is 13.0. The number of aliphatic hydroxyl groups excluding tert-OH is 2. The van der Waals surface area contributed by atoms with Gasteiger partial charge in [0.2, 0.25) is 5.95 Å². The van der Waals surface area contributed by atoms with Crippen LogP contribution in [-0.4, -0.2) is 62.9 Å². The number of aliphatic hydroxyl groups is 3. The zero-order valence-corrected chi connectivity index (χ0v) is 21.8. The van der Waals surface area contributed by atoms with E-state index in [9.17, 15) is 15.3 Å². The fourth-order valence-corrected chi connectivity index (χ4v) is 6.05. The van der Waals surface area contributed by atoms with Gasteiger partial charge in [0, 0.05) is 12.5 Å². The molecule has 5 N–H and O–H groups in total. The Labute approximate surface area is 219 Å². The summed E-state index contributed by atoms with van der Waals surface area (Å²) in [6, 6.07) is 5.44. The van der Waals surface area contributed by atoms with Gasteiger partial charge in [-0.1, -0.05) is 12.1 Å². The summed E-state index contributed by atoms with van der Waals surface area (Å²) >= 11 is 1.54. The van der Waals surface area contributed by atoms with Crippen molar-refractivity contribution in [1.29, 1.82) is 0 Å². The summed E-state index contributed by atoms with van der Waals surface area (Å²) in [5.74, 6) is 1.23. The van der Waals surface area contributed by atoms with E-state index in [4.69, 9.17) is 24.4 Å². The molecule has 5 rings (SSSR count). The summed E-state index contributed by atoms with van der Waals surface area (Å²) in [5, 5.41) is 38.8. The number of hydrogen-bond acceptors (Lipinski definition) is 11. The molecule has 1 aromatic carbocycles. The number of allylic oxidation sites excluding steroid dienone is 1. The van der Waals surface area contributed by atoms with Gasteiger partial charge in [0.25, 0.3) is 0 Å². The topological polar surface area (TPSA) is 142 Å². The van der Waals surface area contributed by atoms with E-state index in [1.165, 1.54) is 0 Å². The molecule has 11 heteroatoms. The Morgan fingerprint density at radius 2 is 2.03 bits per heavy atom. The van der Waals surface area contributed by atoms with Crippen LogP contribution >= 0.6 is 11.3 Å². The number of rotatable bonds is 8. The number of aryl methyl sites for hydroxylation is 2. The molecule has 0 bridgehead atoms. The molecule has 2 heterocycles. The van der Waals surface area contributed by atoms with Crippen LogP contribution in [0.5, 0.6) is 11.5 Å². The Hall–Kier alpha value is -3.25. The van der Waals surface area contributed by atoms with Crippen molar-refractivity contribution < 1.29 is 24.8 Å². The Morgan fingerprint density at radius 3 is 2.73 bits per heavy atom. The summed E-state index contributed by atoms with van der Waals surface area (Å²) in [5.41, 5.74) is 1.27. The highest BCUT2D eigenvalue weighted by Crippen LogP contribution is 2.42. The Bertz CT molecular complexity index is 1330. The van der Waals surface area contributed by atoms with E-state index in [1.807, 2.05) is 19.1 Å². The minimum Gasteiger partial charge on any atom is -0.493 e. The largest absolute Gasteiger partial charge is 0.493 e. The van der Waals surface area contributed by atoms with Crippen LogP contribution in [-0.2, 0) is 6.42 Å². The summed E-state index contributed by atoms with van der Waals surface area (Å²) in [6.07, 6.45) is 5.58. The van der Waals surface area contributed by atoms with Gasteiger partial charge in [-0.05, 0) is 50.8 Å². The normalized spacial score (nSPS) is 22.5. The van der Waals surface area contributed by atoms with Gasteiger partial charge in [-0.25, -0.2) is 9.97 Å². The number of nitrogens with one attached hydrogen (secondary N) is 2. The van der Waals surface area contributed by atoms with Crippen LogP contribution in [0, 0.1) is 12.8 Å². The number of nitrogens with zero attached hydrogens (tertiary/aromatic N) is 3. The van der Waals surface area contributed by atoms with Gasteiger partial charge >= 0.3 is 0 Å². The second kappa shape index (κ2) is 10.3. The molecule has 1 fully saturated rings. The van der Waals surface area contributed by atoms with Gasteiger partial charge in [-0.3, -0.25) is 0 Å². The first-order valence-electron chi connectivity index (χ1n) is 12.2. The SMILES string of the molecule is COc1cccc(Nc2nc(C)c(-c3nc4c(s3)C=CCC4)c(NC3(O)CCC(CO)C3O)n2)c1OC. The lowest BCUT2D eigenvalue weighted by atomic mass is 10.0. The van der Waals surface area contributed by atoms with Gasteiger partial charge in [-0.2, -0.15) is 4.98 Å². The molecule has 3 atom stereocenters. The molecule has 0 spiro atoms. The van der Waals surface area contributed by atoms with E-state index in [-0.39, 0.29) is 19.0 Å². The monoisotopic (exact) mass is 525 g/mol. The molecule has 0 radical (unpaired) electrons. The predicted octanol–water partition coefficient (Wildman–Crippen LogP) is 3.49. The Balaban J connectivity index is 1.58. The molecule has 3 unspecified atom stereocenters. The maximum absolute atomic E-state index is 11.4. The van der Waals surface area contributed by atoms with E-state index in [0.29, 0.717) is 40.7 Å². The standard InChI is InChI=1S/C26H31N5O5S/c1-14-20(24-28-16-7-4-5-10-19(16)37-24)23(31-26(34)12-11-15(13-32)22(26)33)30-25(27-14)29-17-8-6-9-18(35-2)21(17)36-3/h5-6,8-10,15,22,32-34H,4,7,11-13H2,1-3H3,(H2,27,29,30,31). The van der Waals surface area contributed by atoms with Crippen molar-refractivity contribution in [3.63, 3.8) is 0 Å². The van der Waals surface area contributed by atoms with Crippen LogP contribution < -0.4 is 20.1 Å². The molecular formula is C26H31N5O5S. The molecule has 2 aliphatic rings. The van der Waals surface area contributed by atoms with Crippen molar-refractivity contribution in [2.45, 2.75) is 44.4 Å². The molecule has 0 amide bonds. The van der Waals surface area contributed by atoms with Crippen LogP contribution in [0.25, 0.3) is 16.6 Å². The average molecular weight is 526 g/mol. The number of anilines is 3. The van der Waals surface area contributed by atoms with E-state index in [2.05, 4.69) is 22.8 Å². The molecule has 0 saturated heterocycles. The molecule has 0 aliphatic heterocycles. The van der Waals surface area contributed by atoms with Crippen LogP contribution in [0.1, 0.15) is 35.5 Å². The van der Waals surface area contributed by atoms with Crippen molar-refractivity contribution in [2.24, 2.45) is 5.92 Å². The van der Waals surface area contributed by atoms with Crippen molar-refractivity contribution in [3.05, 3.63) is 40.5 Å². The number of methoxy groups -OCH3 is 2. The second-order valence-electron chi connectivity index (χ2n) is 9.27. The van der Waals surface area contributed by atoms with Crippen LogP contribution in [0.4, 0.5) is 17.5 Å². The van der Waals surface area contributed by atoms with Gasteiger partial charge in [0.1, 0.15) is 16.9 Å².